The molecule has 0 unspecified atom stereocenters. The molecule has 98 valence electrons. The first-order valence-electron chi connectivity index (χ1n) is 6.55. The SMILES string of the molecule is O=C(O)C1CN(c2nc(C3CCCCC3)ns2)C1. The fourth-order valence-electron chi connectivity index (χ4n) is 2.67. The summed E-state index contributed by atoms with van der Waals surface area (Å²) < 4.78 is 4.45. The lowest BCUT2D eigenvalue weighted by molar-refractivity contribution is -0.142. The lowest BCUT2D eigenvalue weighted by atomic mass is 9.89. The van der Waals surface area contributed by atoms with Gasteiger partial charge in [0, 0.05) is 30.5 Å². The average Bonchev–Trinajstić information content (AvgIpc) is 2.77. The molecule has 0 spiro atoms. The highest BCUT2D eigenvalue weighted by atomic mass is 32.1. The van der Waals surface area contributed by atoms with Crippen LogP contribution in [0.3, 0.4) is 0 Å². The Morgan fingerprint density at radius 3 is 2.67 bits per heavy atom. The Hall–Kier alpha value is -1.17. The smallest absolute Gasteiger partial charge is 0.310 e. The molecule has 1 saturated carbocycles. The zero-order chi connectivity index (χ0) is 12.5. The normalized spacial score (nSPS) is 21.9. The van der Waals surface area contributed by atoms with E-state index in [4.69, 9.17) is 5.11 Å². The lowest BCUT2D eigenvalue weighted by Gasteiger charge is -2.35. The van der Waals surface area contributed by atoms with Crippen molar-refractivity contribution in [2.45, 2.75) is 38.0 Å². The molecule has 1 aliphatic carbocycles. The van der Waals surface area contributed by atoms with Gasteiger partial charge in [0.15, 0.2) is 0 Å². The third-order valence-electron chi connectivity index (χ3n) is 3.90. The molecule has 1 N–H and O–H groups in total. The molecule has 2 heterocycles. The van der Waals surface area contributed by atoms with Crippen LogP contribution in [0.1, 0.15) is 43.8 Å². The minimum Gasteiger partial charge on any atom is -0.481 e. The predicted octanol–water partition coefficient (Wildman–Crippen LogP) is 2.11. The van der Waals surface area contributed by atoms with E-state index in [-0.39, 0.29) is 5.92 Å². The summed E-state index contributed by atoms with van der Waals surface area (Å²) in [5, 5.41) is 9.74. The first kappa shape index (κ1) is 11.9. The van der Waals surface area contributed by atoms with Crippen LogP contribution in [0.4, 0.5) is 5.13 Å². The van der Waals surface area contributed by atoms with Crippen molar-refractivity contribution < 1.29 is 9.90 Å². The topological polar surface area (TPSA) is 66.3 Å². The van der Waals surface area contributed by atoms with Crippen LogP contribution >= 0.6 is 11.5 Å². The third-order valence-corrected chi connectivity index (χ3v) is 4.69. The maximum atomic E-state index is 10.8. The second-order valence-corrected chi connectivity index (χ2v) is 5.94. The van der Waals surface area contributed by atoms with Crippen molar-refractivity contribution in [3.05, 3.63) is 5.82 Å². The quantitative estimate of drug-likeness (QED) is 0.908. The summed E-state index contributed by atoms with van der Waals surface area (Å²) in [6.45, 7) is 1.16. The van der Waals surface area contributed by atoms with E-state index in [1.54, 1.807) is 0 Å². The number of carboxylic acids is 1. The molecule has 1 aromatic rings. The van der Waals surface area contributed by atoms with E-state index >= 15 is 0 Å². The van der Waals surface area contributed by atoms with Gasteiger partial charge in [0.1, 0.15) is 5.82 Å². The zero-order valence-electron chi connectivity index (χ0n) is 10.2. The first-order chi connectivity index (χ1) is 8.74. The Bertz CT molecular complexity index is 436. The van der Waals surface area contributed by atoms with Crippen molar-refractivity contribution in [2.24, 2.45) is 5.92 Å². The number of carboxylic acid groups (broad SMARTS) is 1. The molecule has 3 rings (SSSR count). The Morgan fingerprint density at radius 2 is 2.00 bits per heavy atom. The van der Waals surface area contributed by atoms with Crippen LogP contribution in [0, 0.1) is 5.92 Å². The van der Waals surface area contributed by atoms with E-state index in [0.717, 1.165) is 11.0 Å². The predicted molar refractivity (Wildman–Crippen MR) is 69.1 cm³/mol. The van der Waals surface area contributed by atoms with Crippen molar-refractivity contribution >= 4 is 22.6 Å². The summed E-state index contributed by atoms with van der Waals surface area (Å²) in [4.78, 5) is 17.4. The summed E-state index contributed by atoms with van der Waals surface area (Å²) in [6.07, 6.45) is 6.30. The molecule has 1 aliphatic heterocycles. The summed E-state index contributed by atoms with van der Waals surface area (Å²) in [6, 6.07) is 0. The Labute approximate surface area is 110 Å². The van der Waals surface area contributed by atoms with E-state index in [0.29, 0.717) is 19.0 Å². The van der Waals surface area contributed by atoms with Crippen LogP contribution in [0.2, 0.25) is 0 Å². The van der Waals surface area contributed by atoms with Gasteiger partial charge < -0.3 is 10.0 Å². The third kappa shape index (κ3) is 2.21. The molecule has 0 radical (unpaired) electrons. The fourth-order valence-corrected chi connectivity index (χ4v) is 3.44. The summed E-state index contributed by atoms with van der Waals surface area (Å²) in [5.41, 5.74) is 0. The minimum atomic E-state index is -0.705. The molecule has 2 fully saturated rings. The van der Waals surface area contributed by atoms with Crippen LogP contribution in [0.25, 0.3) is 0 Å². The Kier molecular flexibility index (Phi) is 3.20. The minimum absolute atomic E-state index is 0.230. The number of aliphatic carboxylic acids is 1. The van der Waals surface area contributed by atoms with E-state index in [9.17, 15) is 4.79 Å². The highest BCUT2D eigenvalue weighted by molar-refractivity contribution is 7.09. The van der Waals surface area contributed by atoms with Gasteiger partial charge in [-0.1, -0.05) is 19.3 Å². The van der Waals surface area contributed by atoms with Crippen LogP contribution in [0.15, 0.2) is 0 Å². The number of nitrogens with zero attached hydrogens (tertiary/aromatic N) is 3. The molecule has 1 aromatic heterocycles. The van der Waals surface area contributed by atoms with Crippen molar-refractivity contribution in [3.8, 4) is 0 Å². The molecule has 5 nitrogen and oxygen atoms in total. The van der Waals surface area contributed by atoms with Gasteiger partial charge in [-0.2, -0.15) is 4.37 Å². The largest absolute Gasteiger partial charge is 0.481 e. The average molecular weight is 267 g/mol. The number of aromatic nitrogens is 2. The zero-order valence-corrected chi connectivity index (χ0v) is 11.0. The van der Waals surface area contributed by atoms with Gasteiger partial charge in [0.25, 0.3) is 0 Å². The van der Waals surface area contributed by atoms with Crippen LogP contribution in [-0.2, 0) is 4.79 Å². The van der Waals surface area contributed by atoms with E-state index in [1.165, 1.54) is 43.6 Å². The monoisotopic (exact) mass is 267 g/mol. The number of carbonyl (C=O) groups is 1. The van der Waals surface area contributed by atoms with Crippen molar-refractivity contribution in [3.63, 3.8) is 0 Å². The van der Waals surface area contributed by atoms with Gasteiger partial charge in [0.05, 0.1) is 5.92 Å². The molecular weight excluding hydrogens is 250 g/mol. The molecule has 18 heavy (non-hydrogen) atoms. The lowest BCUT2D eigenvalue weighted by Crippen LogP contribution is -2.50. The van der Waals surface area contributed by atoms with Crippen LogP contribution in [0.5, 0.6) is 0 Å². The van der Waals surface area contributed by atoms with Crippen LogP contribution < -0.4 is 4.90 Å². The number of hydrogen-bond donors (Lipinski definition) is 1. The fraction of sp³-hybridized carbons (Fsp3) is 0.750. The van der Waals surface area contributed by atoms with Gasteiger partial charge in [-0.3, -0.25) is 4.79 Å². The summed E-state index contributed by atoms with van der Waals surface area (Å²) in [7, 11) is 0. The van der Waals surface area contributed by atoms with Crippen molar-refractivity contribution in [1.29, 1.82) is 0 Å². The molecular formula is C12H17N3O2S. The second-order valence-electron chi connectivity index (χ2n) is 5.21. The Morgan fingerprint density at radius 1 is 1.28 bits per heavy atom. The summed E-state index contributed by atoms with van der Waals surface area (Å²) >= 11 is 1.41. The van der Waals surface area contributed by atoms with Crippen molar-refractivity contribution in [2.75, 3.05) is 18.0 Å². The molecule has 0 bridgehead atoms. The standard InChI is InChI=1S/C12H17N3O2S/c16-11(17)9-6-15(7-9)12-13-10(14-18-12)8-4-2-1-3-5-8/h8-9H,1-7H2,(H,16,17). The van der Waals surface area contributed by atoms with E-state index in [2.05, 4.69) is 9.36 Å². The van der Waals surface area contributed by atoms with Gasteiger partial charge in [-0.15, -0.1) is 0 Å². The van der Waals surface area contributed by atoms with E-state index < -0.39 is 5.97 Å². The molecule has 1 saturated heterocycles. The molecule has 2 aliphatic rings. The maximum Gasteiger partial charge on any atom is 0.310 e. The van der Waals surface area contributed by atoms with Gasteiger partial charge in [-0.05, 0) is 12.8 Å². The highest BCUT2D eigenvalue weighted by Crippen LogP contribution is 2.34. The first-order valence-corrected chi connectivity index (χ1v) is 7.33. The van der Waals surface area contributed by atoms with Gasteiger partial charge in [-0.25, -0.2) is 4.98 Å². The molecule has 0 atom stereocenters. The van der Waals surface area contributed by atoms with Crippen LogP contribution in [-0.4, -0.2) is 33.5 Å². The molecule has 0 amide bonds. The highest BCUT2D eigenvalue weighted by Gasteiger charge is 2.34. The van der Waals surface area contributed by atoms with Gasteiger partial charge in [0.2, 0.25) is 5.13 Å². The number of anilines is 1. The second kappa shape index (κ2) is 4.84. The maximum absolute atomic E-state index is 10.8. The van der Waals surface area contributed by atoms with Gasteiger partial charge >= 0.3 is 5.97 Å². The number of hydrogen-bond acceptors (Lipinski definition) is 5. The van der Waals surface area contributed by atoms with E-state index in [1.807, 2.05) is 4.90 Å². The molecule has 0 aromatic carbocycles. The number of rotatable bonds is 3. The Balaban J connectivity index is 1.62. The molecule has 6 heteroatoms. The van der Waals surface area contributed by atoms with Crippen molar-refractivity contribution in [1.82, 2.24) is 9.36 Å². The summed E-state index contributed by atoms with van der Waals surface area (Å²) in [5.74, 6) is 0.573.